The van der Waals surface area contributed by atoms with Crippen molar-refractivity contribution in [3.63, 3.8) is 0 Å². The van der Waals surface area contributed by atoms with E-state index in [1.807, 2.05) is 13.0 Å². The van der Waals surface area contributed by atoms with Crippen LogP contribution in [0.15, 0.2) is 54.6 Å². The van der Waals surface area contributed by atoms with Crippen LogP contribution in [0.2, 0.25) is 0 Å². The maximum atomic E-state index is 12.3. The first-order valence-electron chi connectivity index (χ1n) is 8.06. The van der Waals surface area contributed by atoms with Gasteiger partial charge in [-0.15, -0.1) is 0 Å². The number of rotatable bonds is 4. The summed E-state index contributed by atoms with van der Waals surface area (Å²) >= 11 is 0. The third kappa shape index (κ3) is 2.66. The zero-order valence-electron chi connectivity index (χ0n) is 13.0. The number of ether oxygens (including phenoxy) is 1. The zero-order valence-corrected chi connectivity index (χ0v) is 13.0. The summed E-state index contributed by atoms with van der Waals surface area (Å²) in [5.74, 6) is -0.108. The lowest BCUT2D eigenvalue weighted by molar-refractivity contribution is -0.144. The van der Waals surface area contributed by atoms with Gasteiger partial charge >= 0.3 is 5.97 Å². The van der Waals surface area contributed by atoms with Crippen LogP contribution in [0.3, 0.4) is 0 Å². The molecule has 114 valence electrons. The highest BCUT2D eigenvalue weighted by atomic mass is 16.5. The summed E-state index contributed by atoms with van der Waals surface area (Å²) in [6.45, 7) is 2.30. The third-order valence-corrected chi connectivity index (χ3v) is 4.66. The average Bonchev–Trinajstić information content (AvgIpc) is 2.56. The van der Waals surface area contributed by atoms with Crippen LogP contribution in [0.4, 0.5) is 0 Å². The van der Waals surface area contributed by atoms with Crippen molar-refractivity contribution in [3.05, 3.63) is 71.3 Å². The number of esters is 1. The SMILES string of the molecule is CCOC(=O)CC1(c2ccccc2)CCCc2ccccc21. The third-order valence-electron chi connectivity index (χ3n) is 4.66. The van der Waals surface area contributed by atoms with Crippen LogP contribution in [-0.4, -0.2) is 12.6 Å². The van der Waals surface area contributed by atoms with Crippen LogP contribution in [0.25, 0.3) is 0 Å². The monoisotopic (exact) mass is 294 g/mol. The molecule has 0 aliphatic heterocycles. The number of fused-ring (bicyclic) bond motifs is 1. The van der Waals surface area contributed by atoms with E-state index in [0.717, 1.165) is 19.3 Å². The Balaban J connectivity index is 2.11. The minimum atomic E-state index is -0.248. The second-order valence-electron chi connectivity index (χ2n) is 5.94. The molecule has 1 aliphatic rings. The largest absolute Gasteiger partial charge is 0.466 e. The maximum Gasteiger partial charge on any atom is 0.307 e. The first kappa shape index (κ1) is 14.8. The highest BCUT2D eigenvalue weighted by Gasteiger charge is 2.40. The molecule has 0 spiro atoms. The van der Waals surface area contributed by atoms with E-state index in [9.17, 15) is 4.79 Å². The van der Waals surface area contributed by atoms with Gasteiger partial charge in [-0.25, -0.2) is 0 Å². The number of hydrogen-bond donors (Lipinski definition) is 0. The Labute approximate surface area is 132 Å². The van der Waals surface area contributed by atoms with Crippen molar-refractivity contribution in [2.24, 2.45) is 0 Å². The quantitative estimate of drug-likeness (QED) is 0.787. The molecule has 0 heterocycles. The van der Waals surface area contributed by atoms with Crippen molar-refractivity contribution >= 4 is 5.97 Å². The lowest BCUT2D eigenvalue weighted by Gasteiger charge is -2.39. The molecule has 2 nitrogen and oxygen atoms in total. The molecule has 0 N–H and O–H groups in total. The molecule has 0 fully saturated rings. The molecule has 2 heteroatoms. The van der Waals surface area contributed by atoms with Crippen LogP contribution in [0.5, 0.6) is 0 Å². The predicted molar refractivity (Wildman–Crippen MR) is 87.9 cm³/mol. The molecule has 0 amide bonds. The minimum absolute atomic E-state index is 0.108. The van der Waals surface area contributed by atoms with Crippen LogP contribution in [0, 0.1) is 0 Å². The van der Waals surface area contributed by atoms with Crippen LogP contribution in [-0.2, 0) is 21.4 Å². The van der Waals surface area contributed by atoms with Crippen molar-refractivity contribution < 1.29 is 9.53 Å². The van der Waals surface area contributed by atoms with Gasteiger partial charge in [0.1, 0.15) is 0 Å². The molecule has 1 aliphatic carbocycles. The Morgan fingerprint density at radius 3 is 2.59 bits per heavy atom. The molecule has 22 heavy (non-hydrogen) atoms. The number of benzene rings is 2. The molecule has 2 aromatic carbocycles. The first-order chi connectivity index (χ1) is 10.8. The number of carbonyl (C=O) groups excluding carboxylic acids is 1. The summed E-state index contributed by atoms with van der Waals surface area (Å²) in [4.78, 5) is 12.3. The lowest BCUT2D eigenvalue weighted by atomic mass is 9.64. The van der Waals surface area contributed by atoms with E-state index in [-0.39, 0.29) is 11.4 Å². The number of hydrogen-bond acceptors (Lipinski definition) is 2. The van der Waals surface area contributed by atoms with Crippen molar-refractivity contribution in [2.45, 2.75) is 38.0 Å². The topological polar surface area (TPSA) is 26.3 Å². The Hall–Kier alpha value is -2.09. The summed E-state index contributed by atoms with van der Waals surface area (Å²) in [5, 5.41) is 0. The zero-order chi connectivity index (χ0) is 15.4. The van der Waals surface area contributed by atoms with Crippen LogP contribution >= 0.6 is 0 Å². The molecule has 0 saturated heterocycles. The molecule has 1 unspecified atom stereocenters. The van der Waals surface area contributed by atoms with Crippen molar-refractivity contribution in [1.29, 1.82) is 0 Å². The Morgan fingerprint density at radius 1 is 1.09 bits per heavy atom. The van der Waals surface area contributed by atoms with E-state index in [1.165, 1.54) is 16.7 Å². The second kappa shape index (κ2) is 6.35. The van der Waals surface area contributed by atoms with Gasteiger partial charge in [-0.05, 0) is 42.9 Å². The van der Waals surface area contributed by atoms with Gasteiger partial charge in [0.15, 0.2) is 0 Å². The van der Waals surface area contributed by atoms with Crippen LogP contribution < -0.4 is 0 Å². The fourth-order valence-corrected chi connectivity index (χ4v) is 3.72. The van der Waals surface area contributed by atoms with E-state index >= 15 is 0 Å². The molecule has 1 atom stereocenters. The standard InChI is InChI=1S/C20H22O2/c1-2-22-19(21)15-20(17-11-4-3-5-12-17)14-8-10-16-9-6-7-13-18(16)20/h3-7,9,11-13H,2,8,10,14-15H2,1H3. The summed E-state index contributed by atoms with van der Waals surface area (Å²) in [6.07, 6.45) is 3.60. The fraction of sp³-hybridized carbons (Fsp3) is 0.350. The summed E-state index contributed by atoms with van der Waals surface area (Å²) in [7, 11) is 0. The number of aryl methyl sites for hydroxylation is 1. The molecule has 0 saturated carbocycles. The molecular formula is C20H22O2. The van der Waals surface area contributed by atoms with Gasteiger partial charge in [0, 0.05) is 5.41 Å². The minimum Gasteiger partial charge on any atom is -0.466 e. The Kier molecular flexibility index (Phi) is 4.28. The maximum absolute atomic E-state index is 12.3. The smallest absolute Gasteiger partial charge is 0.307 e. The van der Waals surface area contributed by atoms with Gasteiger partial charge in [-0.2, -0.15) is 0 Å². The average molecular weight is 294 g/mol. The molecule has 0 bridgehead atoms. The summed E-state index contributed by atoms with van der Waals surface area (Å²) in [6, 6.07) is 19.0. The summed E-state index contributed by atoms with van der Waals surface area (Å²) < 4.78 is 5.27. The van der Waals surface area contributed by atoms with Gasteiger partial charge in [-0.3, -0.25) is 4.79 Å². The normalized spacial score (nSPS) is 20.2. The van der Waals surface area contributed by atoms with Gasteiger partial charge in [0.25, 0.3) is 0 Å². The Bertz CT molecular complexity index is 648. The van der Waals surface area contributed by atoms with E-state index in [4.69, 9.17) is 4.74 Å². The van der Waals surface area contributed by atoms with Crippen molar-refractivity contribution in [2.75, 3.05) is 6.61 Å². The van der Waals surface area contributed by atoms with E-state index in [1.54, 1.807) is 0 Å². The highest BCUT2D eigenvalue weighted by molar-refractivity contribution is 5.73. The summed E-state index contributed by atoms with van der Waals surface area (Å²) in [5.41, 5.74) is 3.63. The highest BCUT2D eigenvalue weighted by Crippen LogP contribution is 2.45. The van der Waals surface area contributed by atoms with Crippen molar-refractivity contribution in [3.8, 4) is 0 Å². The molecule has 0 radical (unpaired) electrons. The Morgan fingerprint density at radius 2 is 1.82 bits per heavy atom. The van der Waals surface area contributed by atoms with E-state index < -0.39 is 0 Å². The molecule has 2 aromatic rings. The van der Waals surface area contributed by atoms with Crippen molar-refractivity contribution in [1.82, 2.24) is 0 Å². The fourth-order valence-electron chi connectivity index (χ4n) is 3.72. The van der Waals surface area contributed by atoms with Gasteiger partial charge in [-0.1, -0.05) is 54.6 Å². The number of carbonyl (C=O) groups is 1. The second-order valence-corrected chi connectivity index (χ2v) is 5.94. The van der Waals surface area contributed by atoms with Gasteiger partial charge in [0.05, 0.1) is 13.0 Å². The van der Waals surface area contributed by atoms with E-state index in [0.29, 0.717) is 13.0 Å². The van der Waals surface area contributed by atoms with Gasteiger partial charge < -0.3 is 4.74 Å². The molecular weight excluding hydrogens is 272 g/mol. The lowest BCUT2D eigenvalue weighted by Crippen LogP contribution is -2.35. The van der Waals surface area contributed by atoms with E-state index in [2.05, 4.69) is 48.5 Å². The van der Waals surface area contributed by atoms with Gasteiger partial charge in [0.2, 0.25) is 0 Å². The molecule has 0 aromatic heterocycles. The van der Waals surface area contributed by atoms with Crippen LogP contribution in [0.1, 0.15) is 42.9 Å². The first-order valence-corrected chi connectivity index (χ1v) is 8.06. The predicted octanol–water partition coefficient (Wildman–Crippen LogP) is 4.26. The molecule has 3 rings (SSSR count).